The molecule has 0 aromatic carbocycles. The minimum absolute atomic E-state index is 0.156. The van der Waals surface area contributed by atoms with Crippen LogP contribution in [-0.2, 0) is 0 Å². The summed E-state index contributed by atoms with van der Waals surface area (Å²) in [7, 11) is 0. The Morgan fingerprint density at radius 3 is 2.33 bits per heavy atom. The summed E-state index contributed by atoms with van der Waals surface area (Å²) in [5.74, 6) is 0.728. The van der Waals surface area contributed by atoms with Crippen molar-refractivity contribution in [3.63, 3.8) is 0 Å². The van der Waals surface area contributed by atoms with Crippen molar-refractivity contribution in [3.8, 4) is 0 Å². The maximum Gasteiger partial charge on any atom is 0.0439 e. The molecule has 0 aromatic rings. The van der Waals surface area contributed by atoms with Crippen LogP contribution in [0.4, 0.5) is 0 Å². The molecule has 0 unspecified atom stereocenters. The van der Waals surface area contributed by atoms with Gasteiger partial charge in [-0.1, -0.05) is 39.8 Å². The van der Waals surface area contributed by atoms with E-state index in [0.29, 0.717) is 0 Å². The standard InChI is InChI=1S/C11H22O/c1-10(2)6-5-7-11(3,4)8-9-12/h5,7,10,12H,6,8-9H2,1-4H3. The second-order valence-corrected chi connectivity index (χ2v) is 4.49. The summed E-state index contributed by atoms with van der Waals surface area (Å²) in [6.45, 7) is 9.01. The first-order chi connectivity index (χ1) is 5.48. The largest absolute Gasteiger partial charge is 0.396 e. The molecule has 0 aromatic heterocycles. The number of aliphatic hydroxyl groups is 1. The molecule has 0 aliphatic carbocycles. The maximum atomic E-state index is 8.78. The Bertz CT molecular complexity index is 134. The van der Waals surface area contributed by atoms with E-state index < -0.39 is 0 Å². The van der Waals surface area contributed by atoms with Gasteiger partial charge < -0.3 is 5.11 Å². The molecule has 0 saturated heterocycles. The minimum atomic E-state index is 0.156. The molecule has 0 spiro atoms. The Morgan fingerprint density at radius 2 is 1.92 bits per heavy atom. The van der Waals surface area contributed by atoms with Crippen molar-refractivity contribution in [2.24, 2.45) is 11.3 Å². The highest BCUT2D eigenvalue weighted by Gasteiger charge is 2.11. The van der Waals surface area contributed by atoms with Crippen LogP contribution in [0.25, 0.3) is 0 Å². The predicted octanol–water partition coefficient (Wildman–Crippen LogP) is 3.00. The van der Waals surface area contributed by atoms with Crippen LogP contribution >= 0.6 is 0 Å². The van der Waals surface area contributed by atoms with E-state index in [-0.39, 0.29) is 12.0 Å². The lowest BCUT2D eigenvalue weighted by atomic mass is 9.89. The van der Waals surface area contributed by atoms with Crippen molar-refractivity contribution < 1.29 is 5.11 Å². The quantitative estimate of drug-likeness (QED) is 0.629. The van der Waals surface area contributed by atoms with E-state index in [1.165, 1.54) is 0 Å². The van der Waals surface area contributed by atoms with Crippen LogP contribution in [0.1, 0.15) is 40.5 Å². The summed E-state index contributed by atoms with van der Waals surface area (Å²) >= 11 is 0. The van der Waals surface area contributed by atoms with Crippen molar-refractivity contribution in [3.05, 3.63) is 12.2 Å². The second-order valence-electron chi connectivity index (χ2n) is 4.49. The fraction of sp³-hybridized carbons (Fsp3) is 0.818. The van der Waals surface area contributed by atoms with Gasteiger partial charge >= 0.3 is 0 Å². The van der Waals surface area contributed by atoms with Gasteiger partial charge in [-0.3, -0.25) is 0 Å². The summed E-state index contributed by atoms with van der Waals surface area (Å²) in [6, 6.07) is 0. The Labute approximate surface area is 76.5 Å². The molecule has 1 heteroatoms. The molecule has 0 atom stereocenters. The zero-order valence-electron chi connectivity index (χ0n) is 8.80. The van der Waals surface area contributed by atoms with Crippen LogP contribution in [0.2, 0.25) is 0 Å². The molecule has 0 aliphatic rings. The van der Waals surface area contributed by atoms with Crippen molar-refractivity contribution in [2.75, 3.05) is 6.61 Å². The van der Waals surface area contributed by atoms with E-state index in [0.717, 1.165) is 18.8 Å². The average Bonchev–Trinajstić information content (AvgIpc) is 1.85. The highest BCUT2D eigenvalue weighted by Crippen LogP contribution is 2.21. The molecule has 0 radical (unpaired) electrons. The fourth-order valence-electron chi connectivity index (χ4n) is 1.03. The van der Waals surface area contributed by atoms with Crippen LogP contribution < -0.4 is 0 Å². The molecule has 72 valence electrons. The van der Waals surface area contributed by atoms with Crippen LogP contribution in [0.3, 0.4) is 0 Å². The SMILES string of the molecule is CC(C)CC=CC(C)(C)CCO. The Kier molecular flexibility index (Phi) is 5.23. The Morgan fingerprint density at radius 1 is 1.33 bits per heavy atom. The number of allylic oxidation sites excluding steroid dienone is 2. The lowest BCUT2D eigenvalue weighted by Gasteiger charge is -2.18. The van der Waals surface area contributed by atoms with Gasteiger partial charge in [0.1, 0.15) is 0 Å². The molecule has 1 N–H and O–H groups in total. The molecule has 0 amide bonds. The minimum Gasteiger partial charge on any atom is -0.396 e. The van der Waals surface area contributed by atoms with Crippen molar-refractivity contribution >= 4 is 0 Å². The summed E-state index contributed by atoms with van der Waals surface area (Å²) in [5.41, 5.74) is 0.156. The molecular weight excluding hydrogens is 148 g/mol. The Balaban J connectivity index is 3.79. The van der Waals surface area contributed by atoms with Gasteiger partial charge in [-0.15, -0.1) is 0 Å². The molecule has 0 heterocycles. The second kappa shape index (κ2) is 5.36. The highest BCUT2D eigenvalue weighted by atomic mass is 16.3. The van der Waals surface area contributed by atoms with Gasteiger partial charge in [0.15, 0.2) is 0 Å². The van der Waals surface area contributed by atoms with Gasteiger partial charge in [-0.25, -0.2) is 0 Å². The van der Waals surface area contributed by atoms with Crippen molar-refractivity contribution in [1.29, 1.82) is 0 Å². The van der Waals surface area contributed by atoms with E-state index in [1.807, 2.05) is 0 Å². The number of aliphatic hydroxyl groups excluding tert-OH is 1. The smallest absolute Gasteiger partial charge is 0.0439 e. The van der Waals surface area contributed by atoms with Crippen LogP contribution in [0.15, 0.2) is 12.2 Å². The van der Waals surface area contributed by atoms with E-state index in [1.54, 1.807) is 0 Å². The zero-order chi connectivity index (χ0) is 9.61. The lowest BCUT2D eigenvalue weighted by molar-refractivity contribution is 0.241. The monoisotopic (exact) mass is 170 g/mol. The van der Waals surface area contributed by atoms with E-state index in [4.69, 9.17) is 5.11 Å². The molecule has 12 heavy (non-hydrogen) atoms. The molecular formula is C11H22O. The third kappa shape index (κ3) is 6.41. The summed E-state index contributed by atoms with van der Waals surface area (Å²) < 4.78 is 0. The van der Waals surface area contributed by atoms with Gasteiger partial charge in [0.05, 0.1) is 0 Å². The lowest BCUT2D eigenvalue weighted by Crippen LogP contribution is -2.09. The summed E-state index contributed by atoms with van der Waals surface area (Å²) in [6.07, 6.45) is 6.42. The van der Waals surface area contributed by atoms with E-state index in [9.17, 15) is 0 Å². The van der Waals surface area contributed by atoms with Crippen molar-refractivity contribution in [2.45, 2.75) is 40.5 Å². The molecule has 0 saturated carbocycles. The van der Waals surface area contributed by atoms with Crippen molar-refractivity contribution in [1.82, 2.24) is 0 Å². The average molecular weight is 170 g/mol. The molecule has 0 rings (SSSR count). The van der Waals surface area contributed by atoms with Crippen LogP contribution in [-0.4, -0.2) is 11.7 Å². The number of rotatable bonds is 5. The van der Waals surface area contributed by atoms with Gasteiger partial charge in [0, 0.05) is 6.61 Å². The molecule has 0 fully saturated rings. The summed E-state index contributed by atoms with van der Waals surface area (Å²) in [4.78, 5) is 0. The topological polar surface area (TPSA) is 20.2 Å². The molecule has 0 aliphatic heterocycles. The third-order valence-electron chi connectivity index (χ3n) is 1.93. The van der Waals surface area contributed by atoms with Gasteiger partial charge in [0.25, 0.3) is 0 Å². The van der Waals surface area contributed by atoms with Gasteiger partial charge in [0.2, 0.25) is 0 Å². The zero-order valence-corrected chi connectivity index (χ0v) is 8.80. The fourth-order valence-corrected chi connectivity index (χ4v) is 1.03. The Hall–Kier alpha value is -0.300. The van der Waals surface area contributed by atoms with Gasteiger partial charge in [-0.05, 0) is 24.2 Å². The number of hydrogen-bond donors (Lipinski definition) is 1. The maximum absolute atomic E-state index is 8.78. The summed E-state index contributed by atoms with van der Waals surface area (Å²) in [5, 5.41) is 8.78. The van der Waals surface area contributed by atoms with Gasteiger partial charge in [-0.2, -0.15) is 0 Å². The normalized spacial score (nSPS) is 13.2. The predicted molar refractivity (Wildman–Crippen MR) is 54.1 cm³/mol. The van der Waals surface area contributed by atoms with E-state index >= 15 is 0 Å². The first-order valence-corrected chi connectivity index (χ1v) is 4.76. The first-order valence-electron chi connectivity index (χ1n) is 4.76. The van der Waals surface area contributed by atoms with Crippen LogP contribution in [0.5, 0.6) is 0 Å². The molecule has 1 nitrogen and oxygen atoms in total. The van der Waals surface area contributed by atoms with Crippen LogP contribution in [0, 0.1) is 11.3 Å². The highest BCUT2D eigenvalue weighted by molar-refractivity contribution is 4.94. The molecule has 0 bridgehead atoms. The first kappa shape index (κ1) is 11.7. The third-order valence-corrected chi connectivity index (χ3v) is 1.93. The number of hydrogen-bond acceptors (Lipinski definition) is 1. The van der Waals surface area contributed by atoms with E-state index in [2.05, 4.69) is 39.8 Å².